The van der Waals surface area contributed by atoms with Crippen LogP contribution in [0.25, 0.3) is 10.9 Å². The van der Waals surface area contributed by atoms with Crippen molar-refractivity contribution in [2.45, 2.75) is 38.3 Å². The smallest absolute Gasteiger partial charge is 0.469 e. The summed E-state index contributed by atoms with van der Waals surface area (Å²) in [5.41, 5.74) is 1.57. The average Bonchev–Trinajstić information content (AvgIpc) is 3.39. The summed E-state index contributed by atoms with van der Waals surface area (Å²) in [5, 5.41) is 10.7. The number of hydrogen-bond donors (Lipinski definition) is 4. The van der Waals surface area contributed by atoms with E-state index in [0.29, 0.717) is 71.8 Å². The average molecular weight is 644 g/mol. The number of rotatable bonds is 16. The molecule has 0 spiro atoms. The maximum Gasteiger partial charge on any atom is 0.469 e. The Balaban J connectivity index is 1.18. The zero-order chi connectivity index (χ0) is 31.8. The first-order valence-corrected chi connectivity index (χ1v) is 15.9. The number of fused-ring (bicyclic) bond motifs is 1. The van der Waals surface area contributed by atoms with E-state index >= 15 is 0 Å². The minimum atomic E-state index is -4.49. The lowest BCUT2D eigenvalue weighted by Gasteiger charge is -2.37. The standard InChI is InChI=1S/C29H35FN7O7P/c1-42-26-14-24-25(15-27(26)43-11-4-9-36(23-7-3-8-23)10-12-44-45(39,40)41)31-19-32-29(24)35-22-16-33-37(17-22)18-28(38)34-21-6-2-5-20(30)13-21/h2,5-6,13-17,19,23H,3-4,7-12,18H2,1H3,(H,34,38)(H,31,32,35)(H2,39,40,41). The predicted octanol–water partition coefficient (Wildman–Crippen LogP) is 4.09. The first-order valence-electron chi connectivity index (χ1n) is 14.4. The zero-order valence-corrected chi connectivity index (χ0v) is 25.5. The summed E-state index contributed by atoms with van der Waals surface area (Å²) >= 11 is 0. The van der Waals surface area contributed by atoms with Crippen LogP contribution in [0.15, 0.2) is 55.1 Å². The summed E-state index contributed by atoms with van der Waals surface area (Å²) in [6.07, 6.45) is 8.57. The maximum atomic E-state index is 13.4. The van der Waals surface area contributed by atoms with Gasteiger partial charge in [0.1, 0.15) is 24.5 Å². The molecular weight excluding hydrogens is 608 g/mol. The number of carbonyl (C=O) groups excluding carboxylic acids is 1. The number of anilines is 3. The minimum absolute atomic E-state index is 0.0388. The number of methoxy groups -OCH3 is 1. The molecule has 14 nitrogen and oxygen atoms in total. The fraction of sp³-hybridized carbons (Fsp3) is 0.379. The van der Waals surface area contributed by atoms with Crippen LogP contribution in [0.2, 0.25) is 0 Å². The van der Waals surface area contributed by atoms with Crippen molar-refractivity contribution in [3.05, 3.63) is 60.9 Å². The van der Waals surface area contributed by atoms with Crippen molar-refractivity contribution >= 4 is 41.8 Å². The maximum absolute atomic E-state index is 13.4. The summed E-state index contributed by atoms with van der Waals surface area (Å²) in [5.74, 6) is 0.720. The molecular formula is C29H35FN7O7P. The number of phosphoric acid groups is 1. The largest absolute Gasteiger partial charge is 0.493 e. The van der Waals surface area contributed by atoms with Crippen LogP contribution >= 0.6 is 7.82 Å². The van der Waals surface area contributed by atoms with Gasteiger partial charge in [-0.1, -0.05) is 12.5 Å². The molecule has 0 aliphatic heterocycles. The van der Waals surface area contributed by atoms with Gasteiger partial charge in [0.15, 0.2) is 11.5 Å². The summed E-state index contributed by atoms with van der Waals surface area (Å²) in [6, 6.07) is 9.59. The van der Waals surface area contributed by atoms with Gasteiger partial charge >= 0.3 is 7.82 Å². The number of phosphoric ester groups is 1. The van der Waals surface area contributed by atoms with Crippen LogP contribution in [0.5, 0.6) is 11.5 Å². The van der Waals surface area contributed by atoms with E-state index in [1.165, 1.54) is 29.2 Å². The highest BCUT2D eigenvalue weighted by Crippen LogP contribution is 2.36. The topological polar surface area (TPSA) is 173 Å². The van der Waals surface area contributed by atoms with Gasteiger partial charge in [-0.15, -0.1) is 0 Å². The molecule has 4 aromatic rings. The number of carbonyl (C=O) groups is 1. The van der Waals surface area contributed by atoms with E-state index in [1.807, 2.05) is 0 Å². The number of halogens is 1. The molecule has 0 saturated heterocycles. The van der Waals surface area contributed by atoms with Crippen molar-refractivity contribution < 1.29 is 37.5 Å². The summed E-state index contributed by atoms with van der Waals surface area (Å²) < 4.78 is 42.2. The van der Waals surface area contributed by atoms with Crippen molar-refractivity contribution in [2.75, 3.05) is 44.0 Å². The fourth-order valence-corrected chi connectivity index (χ4v) is 5.28. The number of aromatic nitrogens is 4. The van der Waals surface area contributed by atoms with Gasteiger partial charge < -0.3 is 29.9 Å². The Hall–Kier alpha value is -4.14. The zero-order valence-electron chi connectivity index (χ0n) is 24.6. The van der Waals surface area contributed by atoms with Gasteiger partial charge in [-0.05, 0) is 43.5 Å². The normalized spacial score (nSPS) is 13.5. The van der Waals surface area contributed by atoms with Crippen LogP contribution in [-0.4, -0.2) is 79.8 Å². The molecule has 1 amide bonds. The molecule has 4 N–H and O–H groups in total. The Kier molecular flexibility index (Phi) is 10.6. The van der Waals surface area contributed by atoms with E-state index < -0.39 is 13.6 Å². The van der Waals surface area contributed by atoms with Crippen molar-refractivity contribution in [1.82, 2.24) is 24.6 Å². The molecule has 0 atom stereocenters. The second-order valence-electron chi connectivity index (χ2n) is 10.5. The van der Waals surface area contributed by atoms with Crippen LogP contribution in [-0.2, 0) is 20.4 Å². The van der Waals surface area contributed by atoms with Crippen molar-refractivity contribution in [3.63, 3.8) is 0 Å². The van der Waals surface area contributed by atoms with Gasteiger partial charge in [0.05, 0.1) is 37.7 Å². The summed E-state index contributed by atoms with van der Waals surface area (Å²) in [7, 11) is -2.95. The van der Waals surface area contributed by atoms with Crippen LogP contribution in [0.3, 0.4) is 0 Å². The van der Waals surface area contributed by atoms with E-state index in [9.17, 15) is 13.8 Å². The number of nitrogens with zero attached hydrogens (tertiary/aromatic N) is 5. The van der Waals surface area contributed by atoms with Crippen molar-refractivity contribution in [1.29, 1.82) is 0 Å². The minimum Gasteiger partial charge on any atom is -0.493 e. The van der Waals surface area contributed by atoms with Crippen LogP contribution < -0.4 is 20.1 Å². The fourth-order valence-electron chi connectivity index (χ4n) is 4.96. The highest BCUT2D eigenvalue weighted by molar-refractivity contribution is 7.46. The third kappa shape index (κ3) is 9.19. The highest BCUT2D eigenvalue weighted by Gasteiger charge is 2.25. The molecule has 0 radical (unpaired) electrons. The SMILES string of the molecule is COc1cc2c(Nc3cnn(CC(=O)Nc4cccc(F)c4)c3)ncnc2cc1OCCCN(CCOP(=O)(O)O)C1CCC1. The predicted molar refractivity (Wildman–Crippen MR) is 164 cm³/mol. The van der Waals surface area contributed by atoms with Crippen molar-refractivity contribution in [2.24, 2.45) is 0 Å². The monoisotopic (exact) mass is 643 g/mol. The molecule has 240 valence electrons. The molecule has 1 saturated carbocycles. The quantitative estimate of drug-likeness (QED) is 0.102. The number of nitrogens with one attached hydrogen (secondary N) is 2. The molecule has 5 rings (SSSR count). The van der Waals surface area contributed by atoms with E-state index in [0.717, 1.165) is 19.3 Å². The number of ether oxygens (including phenoxy) is 2. The Morgan fingerprint density at radius 1 is 1.13 bits per heavy atom. The lowest BCUT2D eigenvalue weighted by atomic mass is 9.91. The summed E-state index contributed by atoms with van der Waals surface area (Å²) in [6.45, 7) is 1.41. The van der Waals surface area contributed by atoms with E-state index in [2.05, 4.69) is 35.1 Å². The first kappa shape index (κ1) is 32.3. The number of benzene rings is 2. The van der Waals surface area contributed by atoms with Gasteiger partial charge in [-0.25, -0.2) is 18.9 Å². The lowest BCUT2D eigenvalue weighted by molar-refractivity contribution is -0.116. The van der Waals surface area contributed by atoms with Gasteiger partial charge in [0, 0.05) is 42.5 Å². The van der Waals surface area contributed by atoms with Crippen LogP contribution in [0, 0.1) is 5.82 Å². The Labute approximate surface area is 258 Å². The lowest BCUT2D eigenvalue weighted by Crippen LogP contribution is -2.42. The first-order chi connectivity index (χ1) is 21.7. The third-order valence-electron chi connectivity index (χ3n) is 7.31. The molecule has 2 aromatic heterocycles. The molecule has 1 aliphatic carbocycles. The van der Waals surface area contributed by atoms with Crippen molar-refractivity contribution in [3.8, 4) is 11.5 Å². The highest BCUT2D eigenvalue weighted by atomic mass is 31.2. The van der Waals surface area contributed by atoms with E-state index in [1.54, 1.807) is 37.7 Å². The molecule has 2 heterocycles. The molecule has 0 bridgehead atoms. The van der Waals surface area contributed by atoms with E-state index in [4.69, 9.17) is 19.3 Å². The Morgan fingerprint density at radius 2 is 1.98 bits per heavy atom. The molecule has 0 unspecified atom stereocenters. The van der Waals surface area contributed by atoms with E-state index in [-0.39, 0.29) is 19.1 Å². The summed E-state index contributed by atoms with van der Waals surface area (Å²) in [4.78, 5) is 41.3. The molecule has 16 heteroatoms. The van der Waals surface area contributed by atoms with Gasteiger partial charge in [0.2, 0.25) is 5.91 Å². The number of hydrogen-bond acceptors (Lipinski definition) is 10. The number of amides is 1. The molecule has 45 heavy (non-hydrogen) atoms. The second-order valence-corrected chi connectivity index (χ2v) is 11.7. The third-order valence-corrected chi connectivity index (χ3v) is 7.83. The molecule has 2 aromatic carbocycles. The van der Waals surface area contributed by atoms with Crippen LogP contribution in [0.1, 0.15) is 25.7 Å². The molecule has 1 aliphatic rings. The van der Waals surface area contributed by atoms with Gasteiger partial charge in [-0.3, -0.25) is 18.9 Å². The van der Waals surface area contributed by atoms with Gasteiger partial charge in [-0.2, -0.15) is 5.10 Å². The molecule has 1 fully saturated rings. The van der Waals surface area contributed by atoms with Gasteiger partial charge in [0.25, 0.3) is 0 Å². The Bertz CT molecular complexity index is 1660. The Morgan fingerprint density at radius 3 is 2.71 bits per heavy atom. The second kappa shape index (κ2) is 14.8. The van der Waals surface area contributed by atoms with Crippen LogP contribution in [0.4, 0.5) is 21.6 Å².